The number of ketones is 1. The molecule has 9 N–H and O–H groups in total. The predicted molar refractivity (Wildman–Crippen MR) is 221 cm³/mol. The first-order valence-corrected chi connectivity index (χ1v) is 21.2. The van der Waals surface area contributed by atoms with E-state index in [1.54, 1.807) is 63.1 Å². The van der Waals surface area contributed by atoms with E-state index in [2.05, 4.69) is 36.4 Å². The van der Waals surface area contributed by atoms with Crippen LogP contribution in [-0.4, -0.2) is 115 Å². The molecule has 2 radical (unpaired) electrons. The minimum absolute atomic E-state index is 0. The molecule has 2 amide bonds. The summed E-state index contributed by atoms with van der Waals surface area (Å²) < 4.78 is 10.4. The van der Waals surface area contributed by atoms with Crippen molar-refractivity contribution in [1.82, 2.24) is 16.0 Å². The Morgan fingerprint density at radius 3 is 1.55 bits per heavy atom. The Hall–Kier alpha value is -1.37. The fourth-order valence-corrected chi connectivity index (χ4v) is 7.44. The molecule has 55 heavy (non-hydrogen) atoms. The maximum atomic E-state index is 11.8. The number of aliphatic carboxylic acids is 2. The molecule has 2 saturated carbocycles. The summed E-state index contributed by atoms with van der Waals surface area (Å²) >= 11 is 4.19. The van der Waals surface area contributed by atoms with E-state index < -0.39 is 40.7 Å². The third-order valence-electron chi connectivity index (χ3n) is 8.01. The Kier molecular flexibility index (Phi) is 33.3. The monoisotopic (exact) mass is 844 g/mol. The maximum absolute atomic E-state index is 11.8. The number of nitriles is 1. The molecular formula is C35H66BN6NaO9S3. The van der Waals surface area contributed by atoms with E-state index in [0.29, 0.717) is 38.3 Å². The average Bonchev–Trinajstić information content (AvgIpc) is 3.05. The van der Waals surface area contributed by atoms with Crippen molar-refractivity contribution in [2.45, 2.75) is 123 Å². The third kappa shape index (κ3) is 33.3. The first-order chi connectivity index (χ1) is 25.1. The SMILES string of the molecule is CC(C)(C)OC(=O)NCC1(CC(=O)O)CCC(=O)CC1.CC(C)(C)OC(=O)NCC1(CC(=O)O)CCC(NCCS)CC1.NCCSSCCN.[B]C#N.[H-].[Na+]. The largest absolute Gasteiger partial charge is 1.00 e. The summed E-state index contributed by atoms with van der Waals surface area (Å²) in [6.07, 6.45) is 4.11. The van der Waals surface area contributed by atoms with E-state index in [-0.39, 0.29) is 61.6 Å². The summed E-state index contributed by atoms with van der Waals surface area (Å²) in [6, 6.07) is 0.408. The molecule has 0 aromatic rings. The molecule has 0 spiro atoms. The molecule has 2 rings (SSSR count). The van der Waals surface area contributed by atoms with Gasteiger partial charge in [-0.15, -0.1) is 0 Å². The van der Waals surface area contributed by atoms with E-state index in [0.717, 1.165) is 62.6 Å². The van der Waals surface area contributed by atoms with Gasteiger partial charge < -0.3 is 48.5 Å². The van der Waals surface area contributed by atoms with Crippen LogP contribution in [0.3, 0.4) is 0 Å². The van der Waals surface area contributed by atoms with Crippen molar-refractivity contribution in [2.24, 2.45) is 22.3 Å². The number of amides is 2. The van der Waals surface area contributed by atoms with Crippen molar-refractivity contribution in [3.05, 3.63) is 0 Å². The first-order valence-electron chi connectivity index (χ1n) is 18.1. The van der Waals surface area contributed by atoms with Crippen molar-refractivity contribution >= 4 is 72.0 Å². The number of hydrogen-bond donors (Lipinski definition) is 8. The number of carbonyl (C=O) groups is 5. The quantitative estimate of drug-likeness (QED) is 0.0475. The molecule has 0 aromatic heterocycles. The molecular weight excluding hydrogens is 778 g/mol. The Balaban J connectivity index is -0.000000373. The minimum atomic E-state index is -0.912. The molecule has 2 aliphatic rings. The second-order valence-electron chi connectivity index (χ2n) is 15.2. The van der Waals surface area contributed by atoms with Gasteiger partial charge in [0, 0.05) is 68.9 Å². The number of alkyl carbamates (subject to hydrolysis) is 2. The van der Waals surface area contributed by atoms with Crippen molar-refractivity contribution in [1.29, 1.82) is 5.26 Å². The Morgan fingerprint density at radius 1 is 0.873 bits per heavy atom. The van der Waals surface area contributed by atoms with Crippen LogP contribution in [0.15, 0.2) is 0 Å². The fraction of sp³-hybridized carbons (Fsp3) is 0.829. The zero-order chi connectivity index (χ0) is 41.8. The molecule has 0 heterocycles. The van der Waals surface area contributed by atoms with Crippen LogP contribution < -0.4 is 57.0 Å². The molecule has 0 unspecified atom stereocenters. The van der Waals surface area contributed by atoms with Crippen LogP contribution in [0.2, 0.25) is 0 Å². The van der Waals surface area contributed by atoms with E-state index >= 15 is 0 Å². The summed E-state index contributed by atoms with van der Waals surface area (Å²) in [6.45, 7) is 13.7. The number of ether oxygens (including phenoxy) is 2. The van der Waals surface area contributed by atoms with Crippen molar-refractivity contribution in [2.75, 3.05) is 50.0 Å². The normalized spacial score (nSPS) is 18.7. The zero-order valence-corrected chi connectivity index (χ0v) is 38.5. The minimum Gasteiger partial charge on any atom is -1.00 e. The molecule has 0 aromatic carbocycles. The van der Waals surface area contributed by atoms with Crippen LogP contribution in [0, 0.1) is 22.1 Å². The number of Topliss-reactive ketones (excluding diaryl/α,β-unsaturated/α-hetero) is 1. The van der Waals surface area contributed by atoms with E-state index in [9.17, 15) is 29.1 Å². The van der Waals surface area contributed by atoms with Crippen LogP contribution in [0.5, 0.6) is 0 Å². The van der Waals surface area contributed by atoms with Gasteiger partial charge in [-0.05, 0) is 96.9 Å². The number of nitrogens with two attached hydrogens (primary N) is 2. The second-order valence-corrected chi connectivity index (χ2v) is 18.3. The van der Waals surface area contributed by atoms with Gasteiger partial charge in [0.05, 0.1) is 12.8 Å². The number of hydrogen-bond acceptors (Lipinski definition) is 14. The number of carboxylic acids is 2. The van der Waals surface area contributed by atoms with Crippen LogP contribution in [0.25, 0.3) is 0 Å². The summed E-state index contributed by atoms with van der Waals surface area (Å²) in [5.41, 5.74) is 8.41. The second kappa shape index (κ2) is 31.6. The first kappa shape index (κ1) is 58.0. The van der Waals surface area contributed by atoms with E-state index in [1.165, 1.54) is 5.97 Å². The molecule has 0 bridgehead atoms. The van der Waals surface area contributed by atoms with Crippen molar-refractivity contribution in [3.8, 4) is 5.97 Å². The van der Waals surface area contributed by atoms with E-state index in [4.69, 9.17) is 31.3 Å². The zero-order valence-electron chi connectivity index (χ0n) is 35.0. The molecule has 0 saturated heterocycles. The van der Waals surface area contributed by atoms with Gasteiger partial charge in [-0.25, -0.2) is 14.9 Å². The van der Waals surface area contributed by atoms with Crippen LogP contribution in [0.1, 0.15) is 107 Å². The number of nitrogens with one attached hydrogen (secondary N) is 3. The molecule has 2 aliphatic carbocycles. The Bertz CT molecular complexity index is 1160. The van der Waals surface area contributed by atoms with Gasteiger partial charge in [-0.2, -0.15) is 12.6 Å². The molecule has 312 valence electrons. The standard InChI is InChI=1S/C16H30N2O4S.C14H23NO5.C4H12N2S2.CBN.Na.H/c1-15(2,3)22-14(21)18-11-16(10-13(19)20)6-4-12(5-7-16)17-8-9-23;1-13(2,3)20-12(19)15-9-14(8-11(17)18)6-4-10(16)5-7-14;5-1-3-7-8-4-2-6;2-1-3;;/h12,17,23H,4-11H2,1-3H3,(H,18,21)(H,19,20);4-9H2,1-3H3,(H,15,19)(H,17,18);1-6H2;;;/q;;;;+1;-1. The van der Waals surface area contributed by atoms with Gasteiger partial charge in [0.1, 0.15) is 17.0 Å². The number of nitrogens with zero attached hydrogens (tertiary/aromatic N) is 1. The number of carboxylic acid groups (broad SMARTS) is 2. The molecule has 15 nitrogen and oxygen atoms in total. The van der Waals surface area contributed by atoms with Gasteiger partial charge in [0.15, 0.2) is 0 Å². The van der Waals surface area contributed by atoms with Gasteiger partial charge in [0.2, 0.25) is 7.85 Å². The summed E-state index contributed by atoms with van der Waals surface area (Å²) in [4.78, 5) is 57.0. The van der Waals surface area contributed by atoms with Crippen molar-refractivity contribution in [3.63, 3.8) is 0 Å². The van der Waals surface area contributed by atoms with E-state index in [1.807, 2.05) is 0 Å². The topological polar surface area (TPSA) is 256 Å². The van der Waals surface area contributed by atoms with Gasteiger partial charge in [-0.3, -0.25) is 14.4 Å². The summed E-state index contributed by atoms with van der Waals surface area (Å²) in [7, 11) is 7.73. The molecule has 0 atom stereocenters. The summed E-state index contributed by atoms with van der Waals surface area (Å²) in [5, 5.41) is 34.1. The summed E-state index contributed by atoms with van der Waals surface area (Å²) in [5.74, 6) is 2.53. The van der Waals surface area contributed by atoms with Gasteiger partial charge in [-0.1, -0.05) is 21.6 Å². The smallest absolute Gasteiger partial charge is 1.00 e. The molecule has 0 aliphatic heterocycles. The number of thiol groups is 1. The van der Waals surface area contributed by atoms with Crippen LogP contribution in [-0.2, 0) is 23.9 Å². The molecule has 2 fully saturated rings. The Morgan fingerprint density at radius 2 is 1.24 bits per heavy atom. The number of rotatable bonds is 16. The molecule has 20 heteroatoms. The van der Waals surface area contributed by atoms with Gasteiger partial charge in [0.25, 0.3) is 0 Å². The average molecular weight is 845 g/mol. The van der Waals surface area contributed by atoms with Crippen LogP contribution in [0.4, 0.5) is 9.59 Å². The predicted octanol–water partition coefficient (Wildman–Crippen LogP) is 1.59. The van der Waals surface area contributed by atoms with Crippen molar-refractivity contribution < 1.29 is 74.6 Å². The maximum Gasteiger partial charge on any atom is 1.00 e. The van der Waals surface area contributed by atoms with Gasteiger partial charge >= 0.3 is 53.7 Å². The Labute approximate surface area is 366 Å². The fourth-order valence-electron chi connectivity index (χ4n) is 5.60. The van der Waals surface area contributed by atoms with Crippen LogP contribution >= 0.6 is 34.2 Å². The number of carbonyl (C=O) groups excluding carboxylic acids is 3. The third-order valence-corrected chi connectivity index (χ3v) is 10.7.